The predicted octanol–water partition coefficient (Wildman–Crippen LogP) is 2.89. The van der Waals surface area contributed by atoms with E-state index in [9.17, 15) is 9.59 Å². The van der Waals surface area contributed by atoms with Crippen LogP contribution in [-0.4, -0.2) is 29.6 Å². The molecule has 1 unspecified atom stereocenters. The second-order valence-corrected chi connectivity index (χ2v) is 6.89. The average molecular weight is 344 g/mol. The molecule has 3 rings (SSSR count). The van der Waals surface area contributed by atoms with Crippen LogP contribution in [0.25, 0.3) is 0 Å². The lowest BCUT2D eigenvalue weighted by Crippen LogP contribution is -2.37. The number of hydrogen-bond acceptors (Lipinski definition) is 4. The summed E-state index contributed by atoms with van der Waals surface area (Å²) >= 11 is 1.37. The molecule has 0 aliphatic heterocycles. The third-order valence-corrected chi connectivity index (χ3v) is 4.94. The summed E-state index contributed by atoms with van der Waals surface area (Å²) in [5.74, 6) is 0.120. The number of amides is 2. The molecule has 0 bridgehead atoms. The minimum Gasteiger partial charge on any atom is -0.396 e. The molecule has 126 valence electrons. The molecule has 1 heterocycles. The molecule has 1 saturated carbocycles. The summed E-state index contributed by atoms with van der Waals surface area (Å²) in [4.78, 5) is 25.1. The van der Waals surface area contributed by atoms with Gasteiger partial charge in [0.25, 0.3) is 11.8 Å². The Morgan fingerprint density at radius 2 is 2.04 bits per heavy atom. The van der Waals surface area contributed by atoms with Crippen molar-refractivity contribution in [2.45, 2.75) is 25.3 Å². The first-order chi connectivity index (χ1) is 11.7. The highest BCUT2D eigenvalue weighted by molar-refractivity contribution is 7.12. The van der Waals surface area contributed by atoms with Crippen molar-refractivity contribution in [2.75, 3.05) is 11.9 Å². The van der Waals surface area contributed by atoms with Gasteiger partial charge in [-0.05, 0) is 54.8 Å². The molecule has 6 heteroatoms. The largest absolute Gasteiger partial charge is 0.396 e. The van der Waals surface area contributed by atoms with Crippen molar-refractivity contribution in [3.05, 3.63) is 52.2 Å². The van der Waals surface area contributed by atoms with Crippen LogP contribution in [0.3, 0.4) is 0 Å². The van der Waals surface area contributed by atoms with E-state index in [0.29, 0.717) is 28.5 Å². The monoisotopic (exact) mass is 344 g/mol. The fourth-order valence-electron chi connectivity index (χ4n) is 2.65. The molecule has 0 spiro atoms. The van der Waals surface area contributed by atoms with Gasteiger partial charge in [-0.2, -0.15) is 0 Å². The van der Waals surface area contributed by atoms with Gasteiger partial charge < -0.3 is 15.7 Å². The molecular formula is C18H20N2O3S. The molecule has 0 saturated heterocycles. The van der Waals surface area contributed by atoms with Crippen LogP contribution in [0, 0.1) is 5.92 Å². The number of carbonyl (C=O) groups excluding carboxylic acids is 2. The molecule has 24 heavy (non-hydrogen) atoms. The molecule has 1 aromatic carbocycles. The van der Waals surface area contributed by atoms with Gasteiger partial charge in [0.1, 0.15) is 0 Å². The fraction of sp³-hybridized carbons (Fsp3) is 0.333. The summed E-state index contributed by atoms with van der Waals surface area (Å²) in [6.07, 6.45) is 2.77. The molecule has 5 nitrogen and oxygen atoms in total. The highest BCUT2D eigenvalue weighted by atomic mass is 32.1. The molecule has 1 atom stereocenters. The predicted molar refractivity (Wildman–Crippen MR) is 94.4 cm³/mol. The highest BCUT2D eigenvalue weighted by Gasteiger charge is 2.31. The van der Waals surface area contributed by atoms with Crippen molar-refractivity contribution in [3.63, 3.8) is 0 Å². The highest BCUT2D eigenvalue weighted by Crippen LogP contribution is 2.34. The number of nitrogens with one attached hydrogen (secondary N) is 2. The van der Waals surface area contributed by atoms with Gasteiger partial charge in [0.05, 0.1) is 4.88 Å². The summed E-state index contributed by atoms with van der Waals surface area (Å²) in [6.45, 7) is 0.0678. The van der Waals surface area contributed by atoms with E-state index in [1.807, 2.05) is 11.4 Å². The van der Waals surface area contributed by atoms with Gasteiger partial charge in [0.2, 0.25) is 0 Å². The number of aliphatic hydroxyl groups is 1. The Morgan fingerprint density at radius 3 is 2.71 bits per heavy atom. The van der Waals surface area contributed by atoms with Gasteiger partial charge in [-0.25, -0.2) is 0 Å². The SMILES string of the molecule is O=C(NC(CCO)C1CC1)c1cccc(NC(=O)c2cccs2)c1. The minimum absolute atomic E-state index is 0.0202. The first-order valence-electron chi connectivity index (χ1n) is 8.04. The molecule has 3 N–H and O–H groups in total. The van der Waals surface area contributed by atoms with Gasteiger partial charge in [0, 0.05) is 23.9 Å². The summed E-state index contributed by atoms with van der Waals surface area (Å²) in [7, 11) is 0. The summed E-state index contributed by atoms with van der Waals surface area (Å²) in [5.41, 5.74) is 1.09. The van der Waals surface area contributed by atoms with Crippen LogP contribution in [0.2, 0.25) is 0 Å². The van der Waals surface area contributed by atoms with Crippen molar-refractivity contribution in [1.29, 1.82) is 0 Å². The Kier molecular flexibility index (Phi) is 5.27. The second-order valence-electron chi connectivity index (χ2n) is 5.94. The molecule has 1 aromatic heterocycles. The summed E-state index contributed by atoms with van der Waals surface area (Å²) in [5, 5.41) is 16.8. The van der Waals surface area contributed by atoms with Gasteiger partial charge >= 0.3 is 0 Å². The van der Waals surface area contributed by atoms with E-state index in [2.05, 4.69) is 10.6 Å². The molecule has 0 radical (unpaired) electrons. The maximum absolute atomic E-state index is 12.4. The Labute approximate surface area is 144 Å². The molecule has 1 aliphatic rings. The molecule has 1 fully saturated rings. The molecule has 1 aliphatic carbocycles. The zero-order chi connectivity index (χ0) is 16.9. The number of hydrogen-bond donors (Lipinski definition) is 3. The number of benzene rings is 1. The van der Waals surface area contributed by atoms with E-state index >= 15 is 0 Å². The van der Waals surface area contributed by atoms with E-state index in [1.54, 1.807) is 30.3 Å². The molecule has 2 aromatic rings. The standard InChI is InChI=1S/C18H20N2O3S/c21-9-8-15(12-6-7-12)20-17(22)13-3-1-4-14(11-13)19-18(23)16-5-2-10-24-16/h1-5,10-12,15,21H,6-9H2,(H,19,23)(H,20,22). The van der Waals surface area contributed by atoms with Crippen LogP contribution >= 0.6 is 11.3 Å². The number of thiophene rings is 1. The Hall–Kier alpha value is -2.18. The lowest BCUT2D eigenvalue weighted by molar-refractivity contribution is 0.0923. The third kappa shape index (κ3) is 4.21. The van der Waals surface area contributed by atoms with Crippen molar-refractivity contribution in [3.8, 4) is 0 Å². The van der Waals surface area contributed by atoms with E-state index in [1.165, 1.54) is 11.3 Å². The van der Waals surface area contributed by atoms with Crippen LogP contribution in [0.4, 0.5) is 5.69 Å². The Bertz CT molecular complexity index is 711. The zero-order valence-electron chi connectivity index (χ0n) is 13.2. The van der Waals surface area contributed by atoms with Gasteiger partial charge in [0.15, 0.2) is 0 Å². The zero-order valence-corrected chi connectivity index (χ0v) is 14.0. The van der Waals surface area contributed by atoms with Crippen LogP contribution in [0.1, 0.15) is 39.3 Å². The number of anilines is 1. The first-order valence-corrected chi connectivity index (χ1v) is 8.92. The van der Waals surface area contributed by atoms with Gasteiger partial charge in [-0.3, -0.25) is 9.59 Å². The lowest BCUT2D eigenvalue weighted by atomic mass is 10.1. The number of carbonyl (C=O) groups is 2. The van der Waals surface area contributed by atoms with Crippen LogP contribution < -0.4 is 10.6 Å². The number of aliphatic hydroxyl groups excluding tert-OH is 1. The van der Waals surface area contributed by atoms with E-state index in [-0.39, 0.29) is 24.5 Å². The molecule has 2 amide bonds. The van der Waals surface area contributed by atoms with Crippen molar-refractivity contribution >= 4 is 28.8 Å². The fourth-order valence-corrected chi connectivity index (χ4v) is 3.27. The Balaban J connectivity index is 1.65. The maximum atomic E-state index is 12.4. The first kappa shape index (κ1) is 16.7. The van der Waals surface area contributed by atoms with E-state index < -0.39 is 0 Å². The van der Waals surface area contributed by atoms with E-state index in [0.717, 1.165) is 12.8 Å². The quantitative estimate of drug-likeness (QED) is 0.723. The lowest BCUT2D eigenvalue weighted by Gasteiger charge is -2.17. The number of rotatable bonds is 7. The topological polar surface area (TPSA) is 78.4 Å². The minimum atomic E-state index is -0.182. The smallest absolute Gasteiger partial charge is 0.265 e. The van der Waals surface area contributed by atoms with Crippen molar-refractivity contribution in [1.82, 2.24) is 5.32 Å². The summed E-state index contributed by atoms with van der Waals surface area (Å²) < 4.78 is 0. The van der Waals surface area contributed by atoms with E-state index in [4.69, 9.17) is 5.11 Å². The van der Waals surface area contributed by atoms with Crippen LogP contribution in [-0.2, 0) is 0 Å². The molecular weight excluding hydrogens is 324 g/mol. The maximum Gasteiger partial charge on any atom is 0.265 e. The van der Waals surface area contributed by atoms with Crippen molar-refractivity contribution in [2.24, 2.45) is 5.92 Å². The van der Waals surface area contributed by atoms with Crippen molar-refractivity contribution < 1.29 is 14.7 Å². The average Bonchev–Trinajstić information content (AvgIpc) is 3.28. The van der Waals surface area contributed by atoms with Gasteiger partial charge in [-0.15, -0.1) is 11.3 Å². The second kappa shape index (κ2) is 7.59. The van der Waals surface area contributed by atoms with Crippen LogP contribution in [0.5, 0.6) is 0 Å². The van der Waals surface area contributed by atoms with Gasteiger partial charge in [-0.1, -0.05) is 12.1 Å². The third-order valence-electron chi connectivity index (χ3n) is 4.08. The summed E-state index contributed by atoms with van der Waals surface area (Å²) in [6, 6.07) is 10.5. The Morgan fingerprint density at radius 1 is 1.21 bits per heavy atom. The van der Waals surface area contributed by atoms with Crippen LogP contribution in [0.15, 0.2) is 41.8 Å². The normalized spacial score (nSPS) is 14.9.